The van der Waals surface area contributed by atoms with E-state index in [-0.39, 0.29) is 0 Å². The summed E-state index contributed by atoms with van der Waals surface area (Å²) < 4.78 is 5.31. The molecule has 0 radical (unpaired) electrons. The fourth-order valence-electron chi connectivity index (χ4n) is 1.41. The second-order valence-corrected chi connectivity index (χ2v) is 3.29. The van der Waals surface area contributed by atoms with Crippen LogP contribution in [0.1, 0.15) is 45.4 Å². The van der Waals surface area contributed by atoms with Crippen LogP contribution in [0.25, 0.3) is 0 Å². The minimum atomic E-state index is 0.810. The lowest BCUT2D eigenvalue weighted by molar-refractivity contribution is 0.336. The summed E-state index contributed by atoms with van der Waals surface area (Å²) in [4.78, 5) is 4.25. The molecule has 0 aromatic rings. The predicted octanol–water partition coefficient (Wildman–Crippen LogP) is 2.78. The largest absolute Gasteiger partial charge is 0.479 e. The van der Waals surface area contributed by atoms with E-state index < -0.39 is 0 Å². The van der Waals surface area contributed by atoms with Crippen LogP contribution in [0.4, 0.5) is 0 Å². The number of rotatable bonds is 6. The Balaban J connectivity index is 1.88. The molecule has 0 N–H and O–H groups in total. The highest BCUT2D eigenvalue weighted by Crippen LogP contribution is 2.08. The average Bonchev–Trinajstić information content (AvgIpc) is 2.57. The predicted molar refractivity (Wildman–Crippen MR) is 51.6 cm³/mol. The average molecular weight is 169 g/mol. The molecule has 2 nitrogen and oxygen atoms in total. The van der Waals surface area contributed by atoms with Gasteiger partial charge in [-0.05, 0) is 6.42 Å². The normalized spacial score (nSPS) is 15.9. The molecule has 1 aliphatic rings. The first-order chi connectivity index (χ1) is 5.93. The molecule has 1 heterocycles. The van der Waals surface area contributed by atoms with Crippen molar-refractivity contribution in [2.45, 2.75) is 45.4 Å². The van der Waals surface area contributed by atoms with E-state index >= 15 is 0 Å². The second-order valence-electron chi connectivity index (χ2n) is 3.29. The monoisotopic (exact) mass is 169 g/mol. The van der Waals surface area contributed by atoms with E-state index in [2.05, 4.69) is 11.9 Å². The SMILES string of the molecule is CCCCCCCC1=NCCO1. The summed E-state index contributed by atoms with van der Waals surface area (Å²) in [6.45, 7) is 3.93. The van der Waals surface area contributed by atoms with Crippen molar-refractivity contribution in [3.63, 3.8) is 0 Å². The Morgan fingerprint density at radius 3 is 2.75 bits per heavy atom. The molecular weight excluding hydrogens is 150 g/mol. The van der Waals surface area contributed by atoms with Gasteiger partial charge in [-0.1, -0.05) is 32.6 Å². The number of ether oxygens (including phenoxy) is 1. The molecule has 0 aliphatic carbocycles. The number of hydrogen-bond donors (Lipinski definition) is 0. The highest BCUT2D eigenvalue weighted by Gasteiger charge is 2.05. The Hall–Kier alpha value is -0.530. The molecule has 0 amide bonds. The Morgan fingerprint density at radius 1 is 1.25 bits per heavy atom. The molecule has 12 heavy (non-hydrogen) atoms. The van der Waals surface area contributed by atoms with E-state index in [1.807, 2.05) is 0 Å². The molecule has 0 unspecified atom stereocenters. The van der Waals surface area contributed by atoms with Crippen molar-refractivity contribution in [3.05, 3.63) is 0 Å². The zero-order valence-corrected chi connectivity index (χ0v) is 8.01. The summed E-state index contributed by atoms with van der Waals surface area (Å²) >= 11 is 0. The van der Waals surface area contributed by atoms with E-state index in [1.54, 1.807) is 0 Å². The number of hydrogen-bond acceptors (Lipinski definition) is 2. The van der Waals surface area contributed by atoms with Crippen molar-refractivity contribution in [1.29, 1.82) is 0 Å². The molecule has 0 aromatic heterocycles. The number of unbranched alkanes of at least 4 members (excludes halogenated alkanes) is 4. The van der Waals surface area contributed by atoms with Crippen LogP contribution in [0.5, 0.6) is 0 Å². The van der Waals surface area contributed by atoms with E-state index in [0.717, 1.165) is 25.5 Å². The van der Waals surface area contributed by atoms with Gasteiger partial charge in [0.2, 0.25) is 0 Å². The molecule has 0 bridgehead atoms. The zero-order valence-electron chi connectivity index (χ0n) is 8.01. The Bertz CT molecular complexity index is 143. The molecule has 0 saturated carbocycles. The van der Waals surface area contributed by atoms with Gasteiger partial charge in [0, 0.05) is 6.42 Å². The lowest BCUT2D eigenvalue weighted by Crippen LogP contribution is -1.98. The molecule has 0 atom stereocenters. The Labute approximate surface area is 75.0 Å². The molecule has 0 aromatic carbocycles. The van der Waals surface area contributed by atoms with Gasteiger partial charge in [0.25, 0.3) is 0 Å². The maximum atomic E-state index is 5.31. The first-order valence-corrected chi connectivity index (χ1v) is 5.09. The van der Waals surface area contributed by atoms with Gasteiger partial charge in [0.15, 0.2) is 5.90 Å². The maximum absolute atomic E-state index is 5.31. The lowest BCUT2D eigenvalue weighted by Gasteiger charge is -2.00. The number of nitrogens with zero attached hydrogens (tertiary/aromatic N) is 1. The van der Waals surface area contributed by atoms with Crippen molar-refractivity contribution >= 4 is 5.90 Å². The van der Waals surface area contributed by atoms with Crippen LogP contribution in [-0.2, 0) is 4.74 Å². The van der Waals surface area contributed by atoms with Crippen LogP contribution < -0.4 is 0 Å². The molecule has 1 aliphatic heterocycles. The van der Waals surface area contributed by atoms with Crippen molar-refractivity contribution in [3.8, 4) is 0 Å². The first kappa shape index (κ1) is 9.56. The summed E-state index contributed by atoms with van der Waals surface area (Å²) in [6.07, 6.45) is 7.69. The van der Waals surface area contributed by atoms with Crippen molar-refractivity contribution in [1.82, 2.24) is 0 Å². The lowest BCUT2D eigenvalue weighted by atomic mass is 10.1. The van der Waals surface area contributed by atoms with Gasteiger partial charge in [0.05, 0.1) is 6.54 Å². The molecule has 70 valence electrons. The third kappa shape index (κ3) is 3.74. The molecule has 2 heteroatoms. The van der Waals surface area contributed by atoms with E-state index in [0.29, 0.717) is 0 Å². The molecular formula is C10H19NO. The Morgan fingerprint density at radius 2 is 2.08 bits per heavy atom. The van der Waals surface area contributed by atoms with Crippen LogP contribution in [0.3, 0.4) is 0 Å². The van der Waals surface area contributed by atoms with Gasteiger partial charge in [-0.2, -0.15) is 0 Å². The summed E-state index contributed by atoms with van der Waals surface area (Å²) in [6, 6.07) is 0. The molecule has 0 fully saturated rings. The topological polar surface area (TPSA) is 21.6 Å². The van der Waals surface area contributed by atoms with Gasteiger partial charge in [-0.3, -0.25) is 4.99 Å². The highest BCUT2D eigenvalue weighted by molar-refractivity contribution is 5.77. The van der Waals surface area contributed by atoms with Gasteiger partial charge < -0.3 is 4.74 Å². The summed E-state index contributed by atoms with van der Waals surface area (Å²) in [7, 11) is 0. The van der Waals surface area contributed by atoms with E-state index in [1.165, 1.54) is 32.1 Å². The third-order valence-electron chi connectivity index (χ3n) is 2.14. The van der Waals surface area contributed by atoms with Crippen molar-refractivity contribution in [2.75, 3.05) is 13.2 Å². The quantitative estimate of drug-likeness (QED) is 0.560. The Kier molecular flexibility index (Phi) is 4.81. The summed E-state index contributed by atoms with van der Waals surface area (Å²) in [5.74, 6) is 0.992. The number of aliphatic imine (C=N–C) groups is 1. The zero-order chi connectivity index (χ0) is 8.65. The molecule has 0 spiro atoms. The molecule has 1 rings (SSSR count). The highest BCUT2D eigenvalue weighted by atomic mass is 16.5. The van der Waals surface area contributed by atoms with Gasteiger partial charge in [-0.25, -0.2) is 0 Å². The standard InChI is InChI=1S/C10H19NO/c1-2-3-4-5-6-7-10-11-8-9-12-10/h2-9H2,1H3. The molecule has 0 saturated heterocycles. The van der Waals surface area contributed by atoms with Crippen LogP contribution in [-0.4, -0.2) is 19.0 Å². The van der Waals surface area contributed by atoms with E-state index in [4.69, 9.17) is 4.74 Å². The van der Waals surface area contributed by atoms with E-state index in [9.17, 15) is 0 Å². The summed E-state index contributed by atoms with van der Waals surface area (Å²) in [5, 5.41) is 0. The van der Waals surface area contributed by atoms with Crippen LogP contribution in [0.2, 0.25) is 0 Å². The van der Waals surface area contributed by atoms with Crippen LogP contribution in [0.15, 0.2) is 4.99 Å². The van der Waals surface area contributed by atoms with Crippen molar-refractivity contribution < 1.29 is 4.74 Å². The smallest absolute Gasteiger partial charge is 0.183 e. The second kappa shape index (κ2) is 6.04. The minimum absolute atomic E-state index is 0.810. The fraction of sp³-hybridized carbons (Fsp3) is 0.900. The third-order valence-corrected chi connectivity index (χ3v) is 2.14. The minimum Gasteiger partial charge on any atom is -0.479 e. The van der Waals surface area contributed by atoms with Crippen LogP contribution >= 0.6 is 0 Å². The van der Waals surface area contributed by atoms with Crippen LogP contribution in [0, 0.1) is 0 Å². The first-order valence-electron chi connectivity index (χ1n) is 5.09. The fourth-order valence-corrected chi connectivity index (χ4v) is 1.41. The van der Waals surface area contributed by atoms with Gasteiger partial charge in [0.1, 0.15) is 6.61 Å². The maximum Gasteiger partial charge on any atom is 0.183 e. The van der Waals surface area contributed by atoms with Gasteiger partial charge >= 0.3 is 0 Å². The van der Waals surface area contributed by atoms with Gasteiger partial charge in [-0.15, -0.1) is 0 Å². The summed E-state index contributed by atoms with van der Waals surface area (Å²) in [5.41, 5.74) is 0. The van der Waals surface area contributed by atoms with Crippen molar-refractivity contribution in [2.24, 2.45) is 4.99 Å².